The van der Waals surface area contributed by atoms with Gasteiger partial charge in [-0.1, -0.05) is 109 Å². The molecule has 0 saturated carbocycles. The van der Waals surface area contributed by atoms with Crippen LogP contribution in [-0.4, -0.2) is 18.3 Å². The minimum Gasteiger partial charge on any atom is -0.399 e. The van der Waals surface area contributed by atoms with Crippen LogP contribution in [0.25, 0.3) is 55.3 Å². The molecule has 1 saturated heterocycles. The Balaban J connectivity index is 1.38. The summed E-state index contributed by atoms with van der Waals surface area (Å²) in [5.74, 6) is 0. The Kier molecular flexibility index (Phi) is 4.53. The fourth-order valence-corrected chi connectivity index (χ4v) is 8.75. The fraction of sp³-hybridized carbons (Fsp3) is 0.171. The Morgan fingerprint density at radius 2 is 1.02 bits per heavy atom. The van der Waals surface area contributed by atoms with Gasteiger partial charge in [-0.25, -0.2) is 0 Å². The summed E-state index contributed by atoms with van der Waals surface area (Å²) in [6.07, 6.45) is 0. The largest absolute Gasteiger partial charge is 0.495 e. The molecule has 10 rings (SSSR count). The Bertz CT molecular complexity index is 2240. The van der Waals surface area contributed by atoms with E-state index in [0.29, 0.717) is 0 Å². The molecule has 6 aromatic rings. The molecule has 2 nitrogen and oxygen atoms in total. The first-order valence-electron chi connectivity index (χ1n) is 15.7. The van der Waals surface area contributed by atoms with Crippen molar-refractivity contribution in [3.63, 3.8) is 0 Å². The standard InChI is InChI=1S/C41H31BO2/c1-39(2)40(3,4)44-42(43-39)35-22-12-18-28-26-15-7-9-20-32(26)41(38(28)35)33-21-10-8-16-29(33)37-30-19-11-17-27-24-13-5-6-14-25(24)31(36(27)30)23-34(37)41/h5-23H,1-4H3. The van der Waals surface area contributed by atoms with Gasteiger partial charge in [-0.3, -0.25) is 0 Å². The third-order valence-electron chi connectivity index (χ3n) is 11.3. The molecule has 0 aromatic heterocycles. The lowest BCUT2D eigenvalue weighted by Gasteiger charge is -2.33. The van der Waals surface area contributed by atoms with Gasteiger partial charge in [0.05, 0.1) is 16.6 Å². The van der Waals surface area contributed by atoms with Crippen LogP contribution >= 0.6 is 0 Å². The van der Waals surface area contributed by atoms with Crippen molar-refractivity contribution >= 4 is 23.4 Å². The summed E-state index contributed by atoms with van der Waals surface area (Å²) in [6, 6.07) is 43.1. The lowest BCUT2D eigenvalue weighted by Crippen LogP contribution is -2.42. The molecule has 0 amide bonds. The monoisotopic (exact) mass is 566 g/mol. The van der Waals surface area contributed by atoms with E-state index < -0.39 is 23.7 Å². The SMILES string of the molecule is CC1(C)OB(c2cccc3c2C2(c4ccccc4-3)c3ccccc3-c3c2cc2c4c(cccc34)-c3ccccc3-2)OC1(C)C. The molecule has 0 radical (unpaired) electrons. The highest BCUT2D eigenvalue weighted by Gasteiger charge is 2.58. The Morgan fingerprint density at radius 1 is 0.477 bits per heavy atom. The van der Waals surface area contributed by atoms with Crippen LogP contribution in [0.5, 0.6) is 0 Å². The van der Waals surface area contributed by atoms with Crippen LogP contribution in [0.15, 0.2) is 115 Å². The first kappa shape index (κ1) is 24.9. The first-order chi connectivity index (χ1) is 21.3. The number of rotatable bonds is 1. The van der Waals surface area contributed by atoms with Gasteiger partial charge in [0.2, 0.25) is 0 Å². The van der Waals surface area contributed by atoms with Crippen LogP contribution in [0.4, 0.5) is 0 Å². The second-order valence-electron chi connectivity index (χ2n) is 13.8. The van der Waals surface area contributed by atoms with Crippen LogP contribution < -0.4 is 5.46 Å². The van der Waals surface area contributed by atoms with E-state index in [0.717, 1.165) is 5.46 Å². The average molecular weight is 567 g/mol. The second kappa shape index (κ2) is 7.98. The summed E-state index contributed by atoms with van der Waals surface area (Å²) in [5, 5.41) is 2.69. The first-order valence-corrected chi connectivity index (χ1v) is 15.7. The maximum absolute atomic E-state index is 6.80. The molecule has 210 valence electrons. The molecule has 1 heterocycles. The molecule has 3 aliphatic carbocycles. The highest BCUT2D eigenvalue weighted by Crippen LogP contribution is 2.65. The number of hydrogen-bond donors (Lipinski definition) is 0. The van der Waals surface area contributed by atoms with Crippen molar-refractivity contribution in [2.24, 2.45) is 0 Å². The van der Waals surface area contributed by atoms with Crippen molar-refractivity contribution in [3.8, 4) is 44.5 Å². The summed E-state index contributed by atoms with van der Waals surface area (Å²) >= 11 is 0. The Hall–Kier alpha value is -4.44. The van der Waals surface area contributed by atoms with Crippen LogP contribution in [0, 0.1) is 0 Å². The minimum atomic E-state index is -0.504. The fourth-order valence-electron chi connectivity index (χ4n) is 8.75. The molecule has 1 fully saturated rings. The van der Waals surface area contributed by atoms with E-state index in [1.165, 1.54) is 77.5 Å². The van der Waals surface area contributed by atoms with Crippen molar-refractivity contribution in [2.75, 3.05) is 0 Å². The van der Waals surface area contributed by atoms with E-state index in [4.69, 9.17) is 9.31 Å². The van der Waals surface area contributed by atoms with Crippen molar-refractivity contribution in [3.05, 3.63) is 138 Å². The summed E-state index contributed by atoms with van der Waals surface area (Å²) in [6.45, 7) is 8.57. The van der Waals surface area contributed by atoms with Gasteiger partial charge in [-0.2, -0.15) is 0 Å². The van der Waals surface area contributed by atoms with Crippen molar-refractivity contribution in [1.29, 1.82) is 0 Å². The zero-order valence-corrected chi connectivity index (χ0v) is 25.4. The quantitative estimate of drug-likeness (QED) is 0.185. The lowest BCUT2D eigenvalue weighted by molar-refractivity contribution is 0.00578. The summed E-state index contributed by atoms with van der Waals surface area (Å²) in [4.78, 5) is 0. The molecular formula is C41H31BO2. The molecule has 1 spiro atoms. The van der Waals surface area contributed by atoms with Crippen molar-refractivity contribution in [2.45, 2.75) is 44.3 Å². The minimum absolute atomic E-state index is 0.438. The van der Waals surface area contributed by atoms with E-state index in [-0.39, 0.29) is 0 Å². The maximum atomic E-state index is 6.80. The van der Waals surface area contributed by atoms with Gasteiger partial charge in [0.1, 0.15) is 0 Å². The number of fused-ring (bicyclic) bond motifs is 14. The molecule has 4 aliphatic rings. The molecule has 0 N–H and O–H groups in total. The van der Waals surface area contributed by atoms with Crippen LogP contribution in [-0.2, 0) is 14.7 Å². The van der Waals surface area contributed by atoms with E-state index in [1.807, 2.05) is 0 Å². The van der Waals surface area contributed by atoms with Crippen LogP contribution in [0.2, 0.25) is 0 Å². The van der Waals surface area contributed by atoms with E-state index >= 15 is 0 Å². The molecule has 1 unspecified atom stereocenters. The average Bonchev–Trinajstić information content (AvgIpc) is 3.69. The topological polar surface area (TPSA) is 18.5 Å². The molecule has 44 heavy (non-hydrogen) atoms. The smallest absolute Gasteiger partial charge is 0.399 e. The molecular weight excluding hydrogens is 535 g/mol. The summed E-state index contributed by atoms with van der Waals surface area (Å²) in [7, 11) is -0.472. The molecule has 6 aromatic carbocycles. The molecule has 1 atom stereocenters. The summed E-state index contributed by atoms with van der Waals surface area (Å²) < 4.78 is 13.6. The van der Waals surface area contributed by atoms with E-state index in [9.17, 15) is 0 Å². The Morgan fingerprint density at radius 3 is 1.75 bits per heavy atom. The third-order valence-corrected chi connectivity index (χ3v) is 11.3. The third kappa shape index (κ3) is 2.73. The Labute approximate surface area is 258 Å². The maximum Gasteiger partial charge on any atom is 0.495 e. The van der Waals surface area contributed by atoms with E-state index in [1.54, 1.807) is 0 Å². The number of hydrogen-bond acceptors (Lipinski definition) is 2. The van der Waals surface area contributed by atoms with Gasteiger partial charge >= 0.3 is 7.12 Å². The predicted octanol–water partition coefficient (Wildman–Crippen LogP) is 9.13. The lowest BCUT2D eigenvalue weighted by atomic mass is 9.63. The number of benzene rings is 6. The van der Waals surface area contributed by atoms with Crippen LogP contribution in [0.3, 0.4) is 0 Å². The van der Waals surface area contributed by atoms with Gasteiger partial charge in [0.25, 0.3) is 0 Å². The molecule has 3 heteroatoms. The predicted molar refractivity (Wildman–Crippen MR) is 180 cm³/mol. The molecule has 1 aliphatic heterocycles. The van der Waals surface area contributed by atoms with Gasteiger partial charge in [0, 0.05) is 0 Å². The zero-order chi connectivity index (χ0) is 29.6. The van der Waals surface area contributed by atoms with Crippen molar-refractivity contribution < 1.29 is 9.31 Å². The van der Waals surface area contributed by atoms with Gasteiger partial charge < -0.3 is 9.31 Å². The van der Waals surface area contributed by atoms with E-state index in [2.05, 4.69) is 143 Å². The zero-order valence-electron chi connectivity index (χ0n) is 25.4. The summed E-state index contributed by atoms with van der Waals surface area (Å²) in [5.41, 5.74) is 15.6. The highest BCUT2D eigenvalue weighted by molar-refractivity contribution is 6.63. The van der Waals surface area contributed by atoms with Crippen molar-refractivity contribution in [1.82, 2.24) is 0 Å². The van der Waals surface area contributed by atoms with Gasteiger partial charge in [-0.15, -0.1) is 0 Å². The van der Waals surface area contributed by atoms with Gasteiger partial charge in [0.15, 0.2) is 0 Å². The molecule has 0 bridgehead atoms. The van der Waals surface area contributed by atoms with Gasteiger partial charge in [-0.05, 0) is 117 Å². The van der Waals surface area contributed by atoms with Crippen LogP contribution in [0.1, 0.15) is 49.9 Å². The highest BCUT2D eigenvalue weighted by atomic mass is 16.7. The normalized spacial score (nSPS) is 20.5. The second-order valence-corrected chi connectivity index (χ2v) is 13.8.